The van der Waals surface area contributed by atoms with E-state index in [1.165, 1.54) is 30.5 Å². The Morgan fingerprint density at radius 2 is 1.78 bits per heavy atom. The van der Waals surface area contributed by atoms with Gasteiger partial charge in [0.05, 0.1) is 17.5 Å². The molecule has 1 aliphatic rings. The first-order valence-electron chi connectivity index (χ1n) is 10.7. The quantitative estimate of drug-likeness (QED) is 0.383. The number of fused-ring (bicyclic) bond motifs is 2. The Hall–Kier alpha value is -4.30. The van der Waals surface area contributed by atoms with E-state index < -0.39 is 42.1 Å². The number of hydrogen-bond donors (Lipinski definition) is 2. The van der Waals surface area contributed by atoms with Crippen LogP contribution >= 0.6 is 0 Å². The molecule has 1 aromatic carbocycles. The zero-order chi connectivity index (χ0) is 26.8. The van der Waals surface area contributed by atoms with Gasteiger partial charge in [0.15, 0.2) is 11.5 Å². The van der Waals surface area contributed by atoms with Crippen LogP contribution in [-0.4, -0.2) is 47.6 Å². The van der Waals surface area contributed by atoms with Gasteiger partial charge in [-0.05, 0) is 31.0 Å². The minimum absolute atomic E-state index is 0.0203. The summed E-state index contributed by atoms with van der Waals surface area (Å²) in [5, 5.41) is 6.51. The van der Waals surface area contributed by atoms with Crippen LogP contribution in [0.3, 0.4) is 0 Å². The first-order valence-corrected chi connectivity index (χ1v) is 10.7. The average Bonchev–Trinajstić information content (AvgIpc) is 3.40. The molecule has 0 radical (unpaired) electrons. The van der Waals surface area contributed by atoms with Crippen LogP contribution in [0.2, 0.25) is 0 Å². The molecule has 9 nitrogen and oxygen atoms in total. The fourth-order valence-electron chi connectivity index (χ4n) is 4.16. The number of nitrogens with zero attached hydrogens (tertiary/aromatic N) is 6. The van der Waals surface area contributed by atoms with Crippen LogP contribution in [0.5, 0.6) is 0 Å². The van der Waals surface area contributed by atoms with Crippen LogP contribution in [0.15, 0.2) is 36.8 Å². The van der Waals surface area contributed by atoms with Crippen LogP contribution in [0, 0.1) is 5.82 Å². The van der Waals surface area contributed by atoms with Gasteiger partial charge in [-0.15, -0.1) is 0 Å². The van der Waals surface area contributed by atoms with Gasteiger partial charge in [0.1, 0.15) is 34.9 Å². The third-order valence-electron chi connectivity index (χ3n) is 6.20. The van der Waals surface area contributed by atoms with E-state index in [9.17, 15) is 31.1 Å². The highest BCUT2D eigenvalue weighted by atomic mass is 19.4. The molecule has 4 aromatic rings. The first kappa shape index (κ1) is 24.4. The third kappa shape index (κ3) is 3.90. The maximum absolute atomic E-state index is 13.5. The first-order chi connectivity index (χ1) is 17.3. The Morgan fingerprint density at radius 1 is 1.08 bits per heavy atom. The molecular formula is C22H16F6N8O. The molecule has 1 amide bonds. The number of carbonyl (C=O) groups excluding carboxylic acids is 1. The van der Waals surface area contributed by atoms with Crippen molar-refractivity contribution in [3.63, 3.8) is 0 Å². The van der Waals surface area contributed by atoms with Crippen molar-refractivity contribution in [2.45, 2.75) is 37.3 Å². The molecule has 1 aliphatic heterocycles. The Balaban J connectivity index is 1.57. The number of amides is 1. The lowest BCUT2D eigenvalue weighted by Crippen LogP contribution is -2.36. The van der Waals surface area contributed by atoms with E-state index in [4.69, 9.17) is 5.73 Å². The molecule has 192 valence electrons. The van der Waals surface area contributed by atoms with Gasteiger partial charge in [0.2, 0.25) is 5.91 Å². The summed E-state index contributed by atoms with van der Waals surface area (Å²) in [4.78, 5) is 29.5. The lowest BCUT2D eigenvalue weighted by molar-refractivity contribution is -0.284. The molecule has 3 aromatic heterocycles. The van der Waals surface area contributed by atoms with E-state index in [1.54, 1.807) is 6.92 Å². The van der Waals surface area contributed by atoms with Crippen molar-refractivity contribution < 1.29 is 31.1 Å². The number of carbonyl (C=O) groups is 1. The molecule has 0 fully saturated rings. The molecule has 0 spiro atoms. The number of rotatable bonds is 5. The highest BCUT2D eigenvalue weighted by Gasteiger charge is 2.56. The van der Waals surface area contributed by atoms with Crippen LogP contribution in [0.25, 0.3) is 17.2 Å². The third-order valence-corrected chi connectivity index (χ3v) is 6.20. The lowest BCUT2D eigenvalue weighted by atomic mass is 9.78. The predicted molar refractivity (Wildman–Crippen MR) is 117 cm³/mol. The predicted octanol–water partition coefficient (Wildman–Crippen LogP) is 3.69. The topological polar surface area (TPSA) is 124 Å². The fourth-order valence-corrected chi connectivity index (χ4v) is 4.16. The number of nitrogens with one attached hydrogen (secondary N) is 1. The number of halogens is 6. The van der Waals surface area contributed by atoms with E-state index in [0.717, 1.165) is 10.8 Å². The summed E-state index contributed by atoms with van der Waals surface area (Å²) < 4.78 is 79.6. The van der Waals surface area contributed by atoms with Gasteiger partial charge in [-0.25, -0.2) is 28.8 Å². The molecule has 1 atom stereocenters. The summed E-state index contributed by atoms with van der Waals surface area (Å²) in [6.45, 7) is 1.57. The summed E-state index contributed by atoms with van der Waals surface area (Å²) in [6, 6.07) is 5.25. The molecule has 0 bridgehead atoms. The van der Waals surface area contributed by atoms with Gasteiger partial charge >= 0.3 is 12.1 Å². The Kier molecular flexibility index (Phi) is 5.35. The van der Waals surface area contributed by atoms with Crippen molar-refractivity contribution >= 4 is 23.2 Å². The summed E-state index contributed by atoms with van der Waals surface area (Å²) >= 11 is 0. The van der Waals surface area contributed by atoms with Gasteiger partial charge in [-0.3, -0.25) is 4.79 Å². The Bertz CT molecular complexity index is 1530. The summed E-state index contributed by atoms with van der Waals surface area (Å²) in [6.07, 6.45) is -5.68. The number of benzene rings is 1. The largest absolute Gasteiger partial charge is 0.453 e. The van der Waals surface area contributed by atoms with Crippen molar-refractivity contribution in [1.82, 2.24) is 29.5 Å². The molecule has 3 N–H and O–H groups in total. The normalized spacial score (nSPS) is 17.8. The van der Waals surface area contributed by atoms with Gasteiger partial charge in [-0.2, -0.15) is 27.1 Å². The molecule has 15 heteroatoms. The standard InChI is InChI=1S/C22H16F6N8O/c1-20(10-2-4-11(23)5-3-10)14-15(29)33-16(34-17(14)35-19(20)37)13-8-36-18(30-9-31-36)12(32-13)6-7-21(24,25)22(26,27)28/h2-5,8-9H,6-7H2,1H3,(H3,29,33,34,35,37)/t20-/m0/s1. The number of nitrogens with two attached hydrogens (primary N) is 1. The molecule has 37 heavy (non-hydrogen) atoms. The Labute approximate surface area is 203 Å². The van der Waals surface area contributed by atoms with Crippen molar-refractivity contribution in [2.75, 3.05) is 11.1 Å². The highest BCUT2D eigenvalue weighted by molar-refractivity contribution is 6.09. The molecule has 0 saturated carbocycles. The second-order valence-electron chi connectivity index (χ2n) is 8.55. The molecule has 0 saturated heterocycles. The van der Waals surface area contributed by atoms with Gasteiger partial charge in [0, 0.05) is 6.42 Å². The summed E-state index contributed by atoms with van der Waals surface area (Å²) in [7, 11) is 0. The number of hydrogen-bond acceptors (Lipinski definition) is 7. The summed E-state index contributed by atoms with van der Waals surface area (Å²) in [5.41, 5.74) is 5.26. The number of aryl methyl sites for hydroxylation is 1. The molecule has 5 rings (SSSR count). The monoisotopic (exact) mass is 522 g/mol. The van der Waals surface area contributed by atoms with Crippen molar-refractivity contribution in [3.05, 3.63) is 59.4 Å². The van der Waals surface area contributed by atoms with Gasteiger partial charge in [-0.1, -0.05) is 12.1 Å². The van der Waals surface area contributed by atoms with Crippen LogP contribution < -0.4 is 11.1 Å². The van der Waals surface area contributed by atoms with Crippen LogP contribution in [-0.2, 0) is 16.6 Å². The number of aromatic nitrogens is 6. The Morgan fingerprint density at radius 3 is 2.46 bits per heavy atom. The molecule has 4 heterocycles. The maximum Gasteiger partial charge on any atom is 0.453 e. The van der Waals surface area contributed by atoms with E-state index in [0.29, 0.717) is 5.56 Å². The summed E-state index contributed by atoms with van der Waals surface area (Å²) in [5.74, 6) is -6.14. The minimum Gasteiger partial charge on any atom is -0.383 e. The SMILES string of the molecule is C[C@@]1(c2ccc(F)cc2)C(=O)Nc2nc(-c3cn4ncnc4c(CCC(F)(F)C(F)(F)F)n3)nc(N)c21. The second kappa shape index (κ2) is 8.11. The van der Waals surface area contributed by atoms with E-state index in [1.807, 2.05) is 0 Å². The van der Waals surface area contributed by atoms with E-state index in [2.05, 4.69) is 30.4 Å². The molecule has 0 aliphatic carbocycles. The highest BCUT2D eigenvalue weighted by Crippen LogP contribution is 2.45. The van der Waals surface area contributed by atoms with Crippen molar-refractivity contribution in [3.8, 4) is 11.5 Å². The number of alkyl halides is 5. The minimum atomic E-state index is -5.72. The van der Waals surface area contributed by atoms with Crippen LogP contribution in [0.1, 0.15) is 30.2 Å². The van der Waals surface area contributed by atoms with Crippen LogP contribution in [0.4, 0.5) is 38.0 Å². The van der Waals surface area contributed by atoms with E-state index >= 15 is 0 Å². The maximum atomic E-state index is 13.5. The zero-order valence-electron chi connectivity index (χ0n) is 18.8. The fraction of sp³-hybridized carbons (Fsp3) is 0.273. The average molecular weight is 522 g/mol. The van der Waals surface area contributed by atoms with Crippen molar-refractivity contribution in [1.29, 1.82) is 0 Å². The number of nitrogen functional groups attached to an aromatic ring is 1. The number of anilines is 2. The zero-order valence-corrected chi connectivity index (χ0v) is 18.8. The lowest BCUT2D eigenvalue weighted by Gasteiger charge is -2.23. The van der Waals surface area contributed by atoms with Gasteiger partial charge in [0.25, 0.3) is 0 Å². The van der Waals surface area contributed by atoms with Crippen molar-refractivity contribution in [2.24, 2.45) is 0 Å². The second-order valence-corrected chi connectivity index (χ2v) is 8.55. The van der Waals surface area contributed by atoms with E-state index in [-0.39, 0.29) is 40.1 Å². The molecule has 0 unspecified atom stereocenters. The smallest absolute Gasteiger partial charge is 0.383 e. The molecular weight excluding hydrogens is 506 g/mol. The van der Waals surface area contributed by atoms with Gasteiger partial charge < -0.3 is 11.1 Å².